The fourth-order valence-corrected chi connectivity index (χ4v) is 3.01. The smallest absolute Gasteiger partial charge is 0.308 e. The first-order valence-corrected chi connectivity index (χ1v) is 9.24. The van der Waals surface area contributed by atoms with E-state index in [1.807, 2.05) is 24.3 Å². The molecule has 1 heterocycles. The highest BCUT2D eigenvalue weighted by atomic mass is 16.5. The fourth-order valence-electron chi connectivity index (χ4n) is 3.01. The van der Waals surface area contributed by atoms with E-state index in [-0.39, 0.29) is 24.8 Å². The number of benzene rings is 1. The number of hydrogen-bond donors (Lipinski definition) is 2. The molecule has 2 rings (SSSR count). The van der Waals surface area contributed by atoms with Crippen molar-refractivity contribution in [3.05, 3.63) is 29.8 Å². The van der Waals surface area contributed by atoms with Gasteiger partial charge in [-0.05, 0) is 42.4 Å². The van der Waals surface area contributed by atoms with Gasteiger partial charge in [-0.2, -0.15) is 0 Å². The number of rotatable bonds is 9. The lowest BCUT2D eigenvalue weighted by Crippen LogP contribution is -2.39. The van der Waals surface area contributed by atoms with Crippen LogP contribution >= 0.6 is 0 Å². The first kappa shape index (κ1) is 20.2. The summed E-state index contributed by atoms with van der Waals surface area (Å²) in [5.74, 6) is -0.289. The second kappa shape index (κ2) is 10.2. The molecular weight excluding hydrogens is 334 g/mol. The second-order valence-electron chi connectivity index (χ2n) is 7.22. The van der Waals surface area contributed by atoms with Crippen molar-refractivity contribution in [2.45, 2.75) is 33.1 Å². The van der Waals surface area contributed by atoms with Crippen molar-refractivity contribution in [3.8, 4) is 5.75 Å². The van der Waals surface area contributed by atoms with Crippen LogP contribution < -0.4 is 10.1 Å². The van der Waals surface area contributed by atoms with Crippen LogP contribution in [0.1, 0.15) is 32.3 Å². The summed E-state index contributed by atoms with van der Waals surface area (Å²) in [6.45, 7) is 6.17. The second-order valence-corrected chi connectivity index (χ2v) is 7.22. The molecule has 1 saturated heterocycles. The Morgan fingerprint density at radius 1 is 1.23 bits per heavy atom. The van der Waals surface area contributed by atoms with Crippen LogP contribution in [0.25, 0.3) is 0 Å². The molecule has 26 heavy (non-hydrogen) atoms. The minimum atomic E-state index is -0.858. The van der Waals surface area contributed by atoms with E-state index < -0.39 is 11.9 Å². The molecule has 2 N–H and O–H groups in total. The zero-order valence-electron chi connectivity index (χ0n) is 15.6. The number of nitrogens with one attached hydrogen (secondary N) is 1. The normalized spacial score (nSPS) is 16.3. The number of carbonyl (C=O) groups is 2. The van der Waals surface area contributed by atoms with Crippen molar-refractivity contribution in [2.75, 3.05) is 26.4 Å². The first-order valence-electron chi connectivity index (χ1n) is 9.24. The predicted octanol–water partition coefficient (Wildman–Crippen LogP) is 2.51. The van der Waals surface area contributed by atoms with E-state index in [2.05, 4.69) is 19.2 Å². The number of carbonyl (C=O) groups excluding carboxylic acids is 1. The van der Waals surface area contributed by atoms with E-state index in [4.69, 9.17) is 9.47 Å². The minimum absolute atomic E-state index is 0.0546. The molecule has 0 radical (unpaired) electrons. The van der Waals surface area contributed by atoms with E-state index in [0.717, 1.165) is 24.2 Å². The van der Waals surface area contributed by atoms with Crippen LogP contribution in [-0.4, -0.2) is 43.3 Å². The third-order valence-corrected chi connectivity index (χ3v) is 4.54. The number of hydrogen-bond acceptors (Lipinski definition) is 4. The highest BCUT2D eigenvalue weighted by Gasteiger charge is 2.29. The van der Waals surface area contributed by atoms with Crippen LogP contribution in [0.5, 0.6) is 5.75 Å². The molecule has 1 aromatic carbocycles. The Labute approximate surface area is 154 Å². The lowest BCUT2D eigenvalue weighted by Gasteiger charge is -2.27. The summed E-state index contributed by atoms with van der Waals surface area (Å²) in [7, 11) is 0. The largest absolute Gasteiger partial charge is 0.493 e. The van der Waals surface area contributed by atoms with E-state index in [9.17, 15) is 14.7 Å². The molecule has 1 aliphatic heterocycles. The van der Waals surface area contributed by atoms with Gasteiger partial charge in [-0.1, -0.05) is 26.0 Å². The molecule has 1 unspecified atom stereocenters. The third-order valence-electron chi connectivity index (χ3n) is 4.54. The lowest BCUT2D eigenvalue weighted by atomic mass is 9.86. The summed E-state index contributed by atoms with van der Waals surface area (Å²) in [6.07, 6.45) is 1.68. The molecule has 144 valence electrons. The Bertz CT molecular complexity index is 578. The van der Waals surface area contributed by atoms with Gasteiger partial charge in [0.15, 0.2) is 0 Å². The average Bonchev–Trinajstić information content (AvgIpc) is 2.62. The first-order chi connectivity index (χ1) is 12.5. The summed E-state index contributed by atoms with van der Waals surface area (Å²) in [5, 5.41) is 12.2. The molecule has 0 spiro atoms. The maximum Gasteiger partial charge on any atom is 0.308 e. The molecule has 1 aliphatic rings. The topological polar surface area (TPSA) is 84.9 Å². The Morgan fingerprint density at radius 2 is 1.88 bits per heavy atom. The fraction of sp³-hybridized carbons (Fsp3) is 0.600. The van der Waals surface area contributed by atoms with Crippen LogP contribution in [0.15, 0.2) is 24.3 Å². The zero-order valence-corrected chi connectivity index (χ0v) is 15.6. The lowest BCUT2D eigenvalue weighted by molar-refractivity contribution is -0.144. The van der Waals surface area contributed by atoms with Gasteiger partial charge in [0.1, 0.15) is 5.75 Å². The predicted molar refractivity (Wildman–Crippen MR) is 98.2 cm³/mol. The molecule has 1 fully saturated rings. The summed E-state index contributed by atoms with van der Waals surface area (Å²) in [5.41, 5.74) is 0.873. The molecule has 0 bridgehead atoms. The Balaban J connectivity index is 1.80. The highest BCUT2D eigenvalue weighted by Crippen LogP contribution is 2.23. The number of amides is 1. The monoisotopic (exact) mass is 363 g/mol. The molecule has 0 aromatic heterocycles. The molecule has 0 aliphatic carbocycles. The van der Waals surface area contributed by atoms with Crippen LogP contribution in [0.3, 0.4) is 0 Å². The molecule has 1 atom stereocenters. The van der Waals surface area contributed by atoms with Gasteiger partial charge in [0.2, 0.25) is 5.91 Å². The van der Waals surface area contributed by atoms with E-state index >= 15 is 0 Å². The van der Waals surface area contributed by atoms with Crippen molar-refractivity contribution in [1.29, 1.82) is 0 Å². The van der Waals surface area contributed by atoms with E-state index in [1.165, 1.54) is 0 Å². The Hall–Kier alpha value is -2.08. The van der Waals surface area contributed by atoms with Gasteiger partial charge < -0.3 is 19.9 Å². The molecule has 1 aromatic rings. The van der Waals surface area contributed by atoms with Crippen molar-refractivity contribution in [3.63, 3.8) is 0 Å². The molecule has 6 nitrogen and oxygen atoms in total. The minimum Gasteiger partial charge on any atom is -0.493 e. The van der Waals surface area contributed by atoms with Gasteiger partial charge in [0, 0.05) is 19.8 Å². The van der Waals surface area contributed by atoms with Crippen LogP contribution in [0, 0.1) is 17.8 Å². The van der Waals surface area contributed by atoms with Crippen molar-refractivity contribution >= 4 is 11.9 Å². The number of aliphatic carboxylic acids is 1. The average molecular weight is 363 g/mol. The number of ether oxygens (including phenoxy) is 2. The molecule has 6 heteroatoms. The van der Waals surface area contributed by atoms with Crippen molar-refractivity contribution < 1.29 is 24.2 Å². The van der Waals surface area contributed by atoms with Crippen LogP contribution in [0.2, 0.25) is 0 Å². The molecular formula is C20H29NO5. The Kier molecular flexibility index (Phi) is 7.91. The zero-order chi connectivity index (χ0) is 18.9. The number of carboxylic acids is 1. The van der Waals surface area contributed by atoms with Gasteiger partial charge >= 0.3 is 5.97 Å². The summed E-state index contributed by atoms with van der Waals surface area (Å²) in [6, 6.07) is 7.44. The SMILES string of the molecule is CC(C)COc1ccc(CC(=O)NCC(C(=O)O)C2CCOCC2)cc1. The van der Waals surface area contributed by atoms with Gasteiger partial charge in [0.25, 0.3) is 0 Å². The van der Waals surface area contributed by atoms with Crippen molar-refractivity contribution in [2.24, 2.45) is 17.8 Å². The highest BCUT2D eigenvalue weighted by molar-refractivity contribution is 5.79. The van der Waals surface area contributed by atoms with Crippen molar-refractivity contribution in [1.82, 2.24) is 5.32 Å². The van der Waals surface area contributed by atoms with E-state index in [0.29, 0.717) is 25.7 Å². The Morgan fingerprint density at radius 3 is 2.46 bits per heavy atom. The quantitative estimate of drug-likeness (QED) is 0.704. The molecule has 0 saturated carbocycles. The summed E-state index contributed by atoms with van der Waals surface area (Å²) in [4.78, 5) is 23.7. The maximum atomic E-state index is 12.2. The summed E-state index contributed by atoms with van der Waals surface area (Å²) >= 11 is 0. The summed E-state index contributed by atoms with van der Waals surface area (Å²) < 4.78 is 10.9. The van der Waals surface area contributed by atoms with Crippen LogP contribution in [-0.2, 0) is 20.7 Å². The van der Waals surface area contributed by atoms with Gasteiger partial charge in [-0.3, -0.25) is 9.59 Å². The van der Waals surface area contributed by atoms with Gasteiger partial charge in [-0.15, -0.1) is 0 Å². The molecule has 1 amide bonds. The van der Waals surface area contributed by atoms with Crippen LogP contribution in [0.4, 0.5) is 0 Å². The van der Waals surface area contributed by atoms with Gasteiger partial charge in [-0.25, -0.2) is 0 Å². The van der Waals surface area contributed by atoms with Gasteiger partial charge in [0.05, 0.1) is 18.9 Å². The maximum absolute atomic E-state index is 12.2. The number of carboxylic acid groups (broad SMARTS) is 1. The third kappa shape index (κ3) is 6.67. The standard InChI is InChI=1S/C20H29NO5/c1-14(2)13-26-17-5-3-15(4-6-17)11-19(22)21-12-18(20(23)24)16-7-9-25-10-8-16/h3-6,14,16,18H,7-13H2,1-2H3,(H,21,22)(H,23,24). The van der Waals surface area contributed by atoms with E-state index in [1.54, 1.807) is 0 Å².